The second-order valence-corrected chi connectivity index (χ2v) is 4.07. The summed E-state index contributed by atoms with van der Waals surface area (Å²) in [5.41, 5.74) is 6.47. The van der Waals surface area contributed by atoms with E-state index in [0.717, 1.165) is 0 Å². The quantitative estimate of drug-likeness (QED) is 0.742. The van der Waals surface area contributed by atoms with Crippen molar-refractivity contribution in [1.29, 1.82) is 5.26 Å². The van der Waals surface area contributed by atoms with Crippen molar-refractivity contribution in [2.75, 3.05) is 11.1 Å². The molecule has 3 rings (SSSR count). The Morgan fingerprint density at radius 3 is 3.05 bits per heavy atom. The lowest BCUT2D eigenvalue weighted by Crippen LogP contribution is -2.03. The van der Waals surface area contributed by atoms with Gasteiger partial charge in [0.25, 0.3) is 0 Å². The van der Waals surface area contributed by atoms with Gasteiger partial charge in [-0.05, 0) is 12.1 Å². The number of nitrogen functional groups attached to an aromatic ring is 1. The molecule has 0 aliphatic rings. The van der Waals surface area contributed by atoms with E-state index in [1.807, 2.05) is 6.07 Å². The summed E-state index contributed by atoms with van der Waals surface area (Å²) < 4.78 is 15.2. The number of hydrogen-bond acceptors (Lipinski definition) is 5. The highest BCUT2D eigenvalue weighted by Gasteiger charge is 2.11. The fraction of sp³-hybridized carbons (Fsp3) is 0. The van der Waals surface area contributed by atoms with Gasteiger partial charge in [-0.1, -0.05) is 6.07 Å². The molecule has 0 saturated heterocycles. The van der Waals surface area contributed by atoms with Crippen LogP contribution in [0.3, 0.4) is 0 Å². The summed E-state index contributed by atoms with van der Waals surface area (Å²) in [5, 5.41) is 11.9. The van der Waals surface area contributed by atoms with Crippen molar-refractivity contribution in [3.05, 3.63) is 48.2 Å². The van der Waals surface area contributed by atoms with Crippen molar-refractivity contribution in [3.8, 4) is 6.07 Å². The SMILES string of the molecule is N#Cc1c(F)cccc1Nc1nc(N)cn2ccnc12. The molecular formula is C13H9FN6. The highest BCUT2D eigenvalue weighted by molar-refractivity contribution is 5.74. The van der Waals surface area contributed by atoms with E-state index in [0.29, 0.717) is 17.2 Å². The molecule has 0 amide bonds. The van der Waals surface area contributed by atoms with Crippen LogP contribution in [0.4, 0.5) is 21.7 Å². The van der Waals surface area contributed by atoms with Gasteiger partial charge in [-0.15, -0.1) is 0 Å². The standard InChI is InChI=1S/C13H9FN6/c14-9-2-1-3-10(8(9)6-15)18-12-13-17-4-5-20(13)7-11(16)19-12/h1-5,7H,16H2,(H,18,19). The molecule has 7 heteroatoms. The Bertz CT molecular complexity index is 832. The third-order valence-corrected chi connectivity index (χ3v) is 2.77. The first-order valence-electron chi connectivity index (χ1n) is 5.74. The predicted octanol–water partition coefficient (Wildman–Crippen LogP) is 2.07. The third-order valence-electron chi connectivity index (χ3n) is 2.77. The van der Waals surface area contributed by atoms with E-state index < -0.39 is 5.82 Å². The zero-order valence-corrected chi connectivity index (χ0v) is 10.2. The van der Waals surface area contributed by atoms with E-state index in [1.165, 1.54) is 12.1 Å². The number of nitrogens with two attached hydrogens (primary N) is 1. The van der Waals surface area contributed by atoms with Crippen LogP contribution in [0.1, 0.15) is 5.56 Å². The van der Waals surface area contributed by atoms with E-state index >= 15 is 0 Å². The van der Waals surface area contributed by atoms with Crippen LogP contribution >= 0.6 is 0 Å². The van der Waals surface area contributed by atoms with Crippen molar-refractivity contribution >= 4 is 23.0 Å². The van der Waals surface area contributed by atoms with Gasteiger partial charge in [0.1, 0.15) is 23.3 Å². The van der Waals surface area contributed by atoms with Gasteiger partial charge in [0.05, 0.1) is 11.9 Å². The zero-order valence-electron chi connectivity index (χ0n) is 10.2. The average Bonchev–Trinajstić information content (AvgIpc) is 2.87. The number of imidazole rings is 1. The minimum Gasteiger partial charge on any atom is -0.382 e. The Morgan fingerprint density at radius 1 is 1.40 bits per heavy atom. The second kappa shape index (κ2) is 4.51. The molecule has 0 atom stereocenters. The second-order valence-electron chi connectivity index (χ2n) is 4.07. The molecule has 1 aromatic carbocycles. The smallest absolute Gasteiger partial charge is 0.180 e. The fourth-order valence-electron chi connectivity index (χ4n) is 1.90. The molecule has 0 spiro atoms. The van der Waals surface area contributed by atoms with Gasteiger partial charge in [0.15, 0.2) is 11.5 Å². The average molecular weight is 268 g/mol. The Balaban J connectivity index is 2.13. The molecule has 0 radical (unpaired) electrons. The van der Waals surface area contributed by atoms with E-state index in [1.54, 1.807) is 29.1 Å². The van der Waals surface area contributed by atoms with Crippen molar-refractivity contribution in [2.24, 2.45) is 0 Å². The Labute approximate surface area is 113 Å². The molecule has 0 aliphatic heterocycles. The molecule has 3 aromatic rings. The Kier molecular flexibility index (Phi) is 2.69. The maximum absolute atomic E-state index is 13.6. The van der Waals surface area contributed by atoms with Crippen LogP contribution in [0.25, 0.3) is 5.65 Å². The lowest BCUT2D eigenvalue weighted by molar-refractivity contribution is 0.624. The molecule has 3 N–H and O–H groups in total. The van der Waals surface area contributed by atoms with Gasteiger partial charge < -0.3 is 15.5 Å². The van der Waals surface area contributed by atoms with Crippen molar-refractivity contribution in [2.45, 2.75) is 0 Å². The molecule has 2 heterocycles. The van der Waals surface area contributed by atoms with Crippen molar-refractivity contribution in [3.63, 3.8) is 0 Å². The molecule has 0 bridgehead atoms. The molecular weight excluding hydrogens is 259 g/mol. The van der Waals surface area contributed by atoms with Crippen LogP contribution in [-0.4, -0.2) is 14.4 Å². The van der Waals surface area contributed by atoms with Gasteiger partial charge in [-0.3, -0.25) is 0 Å². The van der Waals surface area contributed by atoms with E-state index in [2.05, 4.69) is 15.3 Å². The number of rotatable bonds is 2. The normalized spacial score (nSPS) is 10.4. The zero-order chi connectivity index (χ0) is 14.1. The first-order chi connectivity index (χ1) is 9.69. The van der Waals surface area contributed by atoms with Crippen LogP contribution in [-0.2, 0) is 0 Å². The molecule has 0 fully saturated rings. The summed E-state index contributed by atoms with van der Waals surface area (Å²) in [7, 11) is 0. The summed E-state index contributed by atoms with van der Waals surface area (Å²) >= 11 is 0. The van der Waals surface area contributed by atoms with Gasteiger partial charge in [0.2, 0.25) is 0 Å². The molecule has 2 aromatic heterocycles. The van der Waals surface area contributed by atoms with Crippen LogP contribution in [0.15, 0.2) is 36.8 Å². The largest absolute Gasteiger partial charge is 0.382 e. The third kappa shape index (κ3) is 1.89. The molecule has 6 nitrogen and oxygen atoms in total. The minimum absolute atomic E-state index is 0.0820. The Hall–Kier alpha value is -3.14. The molecule has 20 heavy (non-hydrogen) atoms. The topological polar surface area (TPSA) is 92.0 Å². The molecule has 0 aliphatic carbocycles. The number of halogens is 1. The van der Waals surface area contributed by atoms with E-state index in [-0.39, 0.29) is 11.4 Å². The molecule has 0 saturated carbocycles. The lowest BCUT2D eigenvalue weighted by atomic mass is 10.2. The van der Waals surface area contributed by atoms with Crippen LogP contribution in [0, 0.1) is 17.1 Å². The first kappa shape index (κ1) is 11.9. The van der Waals surface area contributed by atoms with Gasteiger partial charge in [-0.2, -0.15) is 5.26 Å². The van der Waals surface area contributed by atoms with Gasteiger partial charge in [0, 0.05) is 12.4 Å². The summed E-state index contributed by atoms with van der Waals surface area (Å²) in [4.78, 5) is 8.26. The number of nitrogens with zero attached hydrogens (tertiary/aromatic N) is 4. The maximum atomic E-state index is 13.6. The summed E-state index contributed by atoms with van der Waals surface area (Å²) in [6.07, 6.45) is 4.93. The number of nitriles is 1. The minimum atomic E-state index is -0.597. The molecule has 0 unspecified atom stereocenters. The number of anilines is 3. The highest BCUT2D eigenvalue weighted by Crippen LogP contribution is 2.24. The van der Waals surface area contributed by atoms with Gasteiger partial charge >= 0.3 is 0 Å². The predicted molar refractivity (Wildman–Crippen MR) is 71.8 cm³/mol. The highest BCUT2D eigenvalue weighted by atomic mass is 19.1. The van der Waals surface area contributed by atoms with Gasteiger partial charge in [-0.25, -0.2) is 14.4 Å². The number of benzene rings is 1. The lowest BCUT2D eigenvalue weighted by Gasteiger charge is -2.09. The van der Waals surface area contributed by atoms with Crippen LogP contribution < -0.4 is 11.1 Å². The van der Waals surface area contributed by atoms with Crippen molar-refractivity contribution in [1.82, 2.24) is 14.4 Å². The first-order valence-corrected chi connectivity index (χ1v) is 5.74. The van der Waals surface area contributed by atoms with Crippen molar-refractivity contribution < 1.29 is 4.39 Å². The van der Waals surface area contributed by atoms with E-state index in [9.17, 15) is 4.39 Å². The number of hydrogen-bond donors (Lipinski definition) is 2. The van der Waals surface area contributed by atoms with E-state index in [4.69, 9.17) is 11.0 Å². The summed E-state index contributed by atoms with van der Waals surface area (Å²) in [5.74, 6) is 0.0470. The van der Waals surface area contributed by atoms with Crippen LogP contribution in [0.5, 0.6) is 0 Å². The summed E-state index contributed by atoms with van der Waals surface area (Å²) in [6, 6.07) is 6.14. The van der Waals surface area contributed by atoms with Crippen LogP contribution in [0.2, 0.25) is 0 Å². The number of fused-ring (bicyclic) bond motifs is 1. The monoisotopic (exact) mass is 268 g/mol. The number of nitrogens with one attached hydrogen (secondary N) is 1. The Morgan fingerprint density at radius 2 is 2.25 bits per heavy atom. The number of aromatic nitrogens is 3. The molecule has 98 valence electrons. The summed E-state index contributed by atoms with van der Waals surface area (Å²) in [6.45, 7) is 0. The maximum Gasteiger partial charge on any atom is 0.180 e. The fourth-order valence-corrected chi connectivity index (χ4v) is 1.90.